The molecule has 1 N–H and O–H groups in total. The van der Waals surface area contributed by atoms with Gasteiger partial charge in [0.15, 0.2) is 0 Å². The van der Waals surface area contributed by atoms with Gasteiger partial charge in [-0.25, -0.2) is 0 Å². The van der Waals surface area contributed by atoms with Crippen molar-refractivity contribution in [2.45, 2.75) is 0 Å². The highest BCUT2D eigenvalue weighted by atomic mass is 35.5. The van der Waals surface area contributed by atoms with Gasteiger partial charge in [-0.1, -0.05) is 11.6 Å². The minimum Gasteiger partial charge on any atom is -0.360 e. The Bertz CT molecular complexity index is 553. The van der Waals surface area contributed by atoms with Gasteiger partial charge in [-0.05, 0) is 12.1 Å². The Kier molecular flexibility index (Phi) is 4.04. The molecule has 0 unspecified atom stereocenters. The predicted molar refractivity (Wildman–Crippen MR) is 61.0 cm³/mol. The smallest absolute Gasteiger partial charge is 0.289 e. The fourth-order valence-electron chi connectivity index (χ4n) is 0.987. The molecule has 0 aliphatic rings. The van der Waals surface area contributed by atoms with Crippen molar-refractivity contribution < 1.29 is 4.92 Å². The molecule has 0 atom stereocenters. The Labute approximate surface area is 101 Å². The third-order valence-electron chi connectivity index (χ3n) is 1.77. The summed E-state index contributed by atoms with van der Waals surface area (Å²) in [5.74, 6) is 0. The minimum atomic E-state index is -0.618. The number of nitro groups is 1. The van der Waals surface area contributed by atoms with Crippen molar-refractivity contribution in [2.24, 2.45) is 0 Å². The lowest BCUT2D eigenvalue weighted by molar-refractivity contribution is -0.384. The van der Waals surface area contributed by atoms with Crippen LogP contribution in [-0.4, -0.2) is 4.92 Å². The SMILES string of the molecule is N#CC(C#N)=CNc1ccc(Cl)c([N+](=O)[O-])c1. The van der Waals surface area contributed by atoms with Crippen LogP contribution >= 0.6 is 11.6 Å². The summed E-state index contributed by atoms with van der Waals surface area (Å²) in [6, 6.07) is 7.36. The first kappa shape index (κ1) is 12.5. The van der Waals surface area contributed by atoms with Crippen LogP contribution in [0, 0.1) is 32.8 Å². The molecule has 1 rings (SSSR count). The van der Waals surface area contributed by atoms with E-state index in [9.17, 15) is 10.1 Å². The van der Waals surface area contributed by atoms with E-state index in [4.69, 9.17) is 22.1 Å². The lowest BCUT2D eigenvalue weighted by atomic mass is 10.2. The normalized spacial score (nSPS) is 8.65. The van der Waals surface area contributed by atoms with Crippen LogP contribution in [0.4, 0.5) is 11.4 Å². The highest BCUT2D eigenvalue weighted by Gasteiger charge is 2.12. The van der Waals surface area contributed by atoms with Gasteiger partial charge in [0.25, 0.3) is 5.69 Å². The molecule has 0 saturated heterocycles. The van der Waals surface area contributed by atoms with Crippen molar-refractivity contribution in [1.29, 1.82) is 10.5 Å². The van der Waals surface area contributed by atoms with Gasteiger partial charge in [-0.2, -0.15) is 10.5 Å². The summed E-state index contributed by atoms with van der Waals surface area (Å²) in [5.41, 5.74) is -0.0211. The number of nitrogens with zero attached hydrogens (tertiary/aromatic N) is 3. The number of allylic oxidation sites excluding steroid dienone is 1. The lowest BCUT2D eigenvalue weighted by Gasteiger charge is -2.01. The first-order valence-electron chi connectivity index (χ1n) is 4.29. The maximum atomic E-state index is 10.6. The van der Waals surface area contributed by atoms with Crippen molar-refractivity contribution in [1.82, 2.24) is 0 Å². The predicted octanol–water partition coefficient (Wildman–Crippen LogP) is 2.59. The second-order valence-electron chi connectivity index (χ2n) is 2.85. The fourth-order valence-corrected chi connectivity index (χ4v) is 1.17. The van der Waals surface area contributed by atoms with E-state index in [0.29, 0.717) is 5.69 Å². The molecule has 0 amide bonds. The van der Waals surface area contributed by atoms with Crippen LogP contribution in [0.2, 0.25) is 5.02 Å². The Morgan fingerprint density at radius 3 is 2.65 bits per heavy atom. The summed E-state index contributed by atoms with van der Waals surface area (Å²) >= 11 is 5.62. The summed E-state index contributed by atoms with van der Waals surface area (Å²) in [6.07, 6.45) is 1.16. The monoisotopic (exact) mass is 248 g/mol. The van der Waals surface area contributed by atoms with E-state index in [2.05, 4.69) is 5.32 Å². The topological polar surface area (TPSA) is 103 Å². The molecule has 0 aliphatic carbocycles. The van der Waals surface area contributed by atoms with E-state index in [1.807, 2.05) is 0 Å². The minimum absolute atomic E-state index is 0.0188. The number of hydrogen-bond acceptors (Lipinski definition) is 5. The van der Waals surface area contributed by atoms with E-state index < -0.39 is 4.92 Å². The molecule has 1 aromatic rings. The number of rotatable bonds is 3. The highest BCUT2D eigenvalue weighted by molar-refractivity contribution is 6.32. The molecule has 0 fully saturated rings. The number of nitriles is 2. The molecule has 0 bridgehead atoms. The zero-order valence-corrected chi connectivity index (χ0v) is 9.10. The molecule has 6 nitrogen and oxygen atoms in total. The molecule has 0 aliphatic heterocycles. The van der Waals surface area contributed by atoms with Gasteiger partial charge in [0.05, 0.1) is 4.92 Å². The third-order valence-corrected chi connectivity index (χ3v) is 2.09. The number of halogens is 1. The van der Waals surface area contributed by atoms with Crippen LogP contribution in [0.15, 0.2) is 30.0 Å². The molecule has 0 heterocycles. The molecular weight excluding hydrogens is 244 g/mol. The van der Waals surface area contributed by atoms with Crippen LogP contribution in [0.25, 0.3) is 0 Å². The molecule has 0 aromatic heterocycles. The van der Waals surface area contributed by atoms with Gasteiger partial charge in [-0.3, -0.25) is 10.1 Å². The van der Waals surface area contributed by atoms with Crippen molar-refractivity contribution >= 4 is 23.0 Å². The summed E-state index contributed by atoms with van der Waals surface area (Å²) in [4.78, 5) is 9.98. The molecular formula is C10H5ClN4O2. The average molecular weight is 249 g/mol. The van der Waals surface area contributed by atoms with Gasteiger partial charge in [0.2, 0.25) is 0 Å². The largest absolute Gasteiger partial charge is 0.360 e. The Hall–Kier alpha value is -2.57. The van der Waals surface area contributed by atoms with Crippen molar-refractivity contribution in [3.8, 4) is 12.1 Å². The molecule has 0 saturated carbocycles. The number of hydrogen-bond donors (Lipinski definition) is 1. The number of benzene rings is 1. The summed E-state index contributed by atoms with van der Waals surface area (Å²) in [7, 11) is 0. The van der Waals surface area contributed by atoms with Gasteiger partial charge in [-0.15, -0.1) is 0 Å². The molecule has 0 spiro atoms. The highest BCUT2D eigenvalue weighted by Crippen LogP contribution is 2.27. The van der Waals surface area contributed by atoms with E-state index in [1.54, 1.807) is 12.1 Å². The van der Waals surface area contributed by atoms with Gasteiger partial charge in [0, 0.05) is 18.0 Å². The zero-order chi connectivity index (χ0) is 12.8. The number of nitrogens with one attached hydrogen (secondary N) is 1. The Balaban J connectivity index is 3.00. The van der Waals surface area contributed by atoms with Crippen molar-refractivity contribution in [3.63, 3.8) is 0 Å². The van der Waals surface area contributed by atoms with Gasteiger partial charge in [0.1, 0.15) is 22.7 Å². The van der Waals surface area contributed by atoms with Crippen LogP contribution in [0.1, 0.15) is 0 Å². The molecule has 84 valence electrons. The quantitative estimate of drug-likeness (QED) is 0.503. The second-order valence-corrected chi connectivity index (χ2v) is 3.26. The number of nitro benzene ring substituents is 1. The first-order valence-corrected chi connectivity index (χ1v) is 4.67. The second kappa shape index (κ2) is 5.50. The van der Waals surface area contributed by atoms with Gasteiger partial charge < -0.3 is 5.32 Å². The average Bonchev–Trinajstić information content (AvgIpc) is 2.32. The van der Waals surface area contributed by atoms with E-state index in [-0.39, 0.29) is 16.3 Å². The third kappa shape index (κ3) is 3.20. The number of anilines is 1. The van der Waals surface area contributed by atoms with Crippen molar-refractivity contribution in [3.05, 3.63) is 45.1 Å². The van der Waals surface area contributed by atoms with E-state index >= 15 is 0 Å². The maximum Gasteiger partial charge on any atom is 0.289 e. The lowest BCUT2D eigenvalue weighted by Crippen LogP contribution is -1.93. The van der Waals surface area contributed by atoms with Crippen LogP contribution < -0.4 is 5.32 Å². The summed E-state index contributed by atoms with van der Waals surface area (Å²) < 4.78 is 0. The Morgan fingerprint density at radius 2 is 2.12 bits per heavy atom. The first-order chi connectivity index (χ1) is 8.08. The van der Waals surface area contributed by atoms with E-state index in [0.717, 1.165) is 6.20 Å². The van der Waals surface area contributed by atoms with Crippen LogP contribution in [-0.2, 0) is 0 Å². The maximum absolute atomic E-state index is 10.6. The molecule has 7 heteroatoms. The van der Waals surface area contributed by atoms with E-state index in [1.165, 1.54) is 18.2 Å². The standard InChI is InChI=1S/C10H5ClN4O2/c11-9-2-1-8(3-10(9)15(16)17)14-6-7(4-12)5-13/h1-3,6,14H. The van der Waals surface area contributed by atoms with Crippen LogP contribution in [0.5, 0.6) is 0 Å². The van der Waals surface area contributed by atoms with Gasteiger partial charge >= 0.3 is 0 Å². The molecule has 17 heavy (non-hydrogen) atoms. The van der Waals surface area contributed by atoms with Crippen LogP contribution in [0.3, 0.4) is 0 Å². The molecule has 1 aromatic carbocycles. The summed E-state index contributed by atoms with van der Waals surface area (Å²) in [6.45, 7) is 0. The molecule has 0 radical (unpaired) electrons. The zero-order valence-electron chi connectivity index (χ0n) is 8.35. The fraction of sp³-hybridized carbons (Fsp3) is 0. The van der Waals surface area contributed by atoms with Crippen molar-refractivity contribution in [2.75, 3.05) is 5.32 Å². The summed E-state index contributed by atoms with van der Waals surface area (Å²) in [5, 5.41) is 30.2. The Morgan fingerprint density at radius 1 is 1.47 bits per heavy atom.